The lowest BCUT2D eigenvalue weighted by Gasteiger charge is -2.27. The summed E-state index contributed by atoms with van der Waals surface area (Å²) in [5.41, 5.74) is 0.491. The van der Waals surface area contributed by atoms with Gasteiger partial charge in [-0.15, -0.1) is 0 Å². The van der Waals surface area contributed by atoms with E-state index in [9.17, 15) is 18.0 Å². The van der Waals surface area contributed by atoms with E-state index in [1.165, 1.54) is 6.07 Å². The van der Waals surface area contributed by atoms with Gasteiger partial charge in [-0.1, -0.05) is 26.0 Å². The van der Waals surface area contributed by atoms with E-state index in [1.54, 1.807) is 42.1 Å². The predicted octanol–water partition coefficient (Wildman–Crippen LogP) is 0.372. The monoisotopic (exact) mass is 449 g/mol. The highest BCUT2D eigenvalue weighted by molar-refractivity contribution is 7.90. The molecule has 31 heavy (non-hydrogen) atoms. The van der Waals surface area contributed by atoms with E-state index < -0.39 is 16.1 Å². The summed E-state index contributed by atoms with van der Waals surface area (Å²) in [6.45, 7) is 6.60. The van der Waals surface area contributed by atoms with E-state index >= 15 is 0 Å². The molecule has 2 aliphatic rings. The lowest BCUT2D eigenvalue weighted by Crippen LogP contribution is -2.44. The highest BCUT2D eigenvalue weighted by atomic mass is 32.2. The fourth-order valence-electron chi connectivity index (χ4n) is 3.73. The van der Waals surface area contributed by atoms with Gasteiger partial charge >= 0.3 is 0 Å². The van der Waals surface area contributed by atoms with Crippen molar-refractivity contribution in [2.75, 3.05) is 46.8 Å². The van der Waals surface area contributed by atoms with Crippen LogP contribution in [0.5, 0.6) is 0 Å². The number of aliphatic imine (C=N–C) groups is 1. The normalized spacial score (nSPS) is 20.8. The maximum absolute atomic E-state index is 13.3. The molecule has 2 heterocycles. The fraction of sp³-hybridized carbons (Fsp3) is 0.571. The van der Waals surface area contributed by atoms with Gasteiger partial charge in [-0.25, -0.2) is 8.42 Å². The van der Waals surface area contributed by atoms with Gasteiger partial charge in [0.2, 0.25) is 11.8 Å². The van der Waals surface area contributed by atoms with Crippen LogP contribution in [0, 0.1) is 5.92 Å². The van der Waals surface area contributed by atoms with Gasteiger partial charge in [-0.3, -0.25) is 24.2 Å². The third kappa shape index (κ3) is 5.24. The van der Waals surface area contributed by atoms with Gasteiger partial charge in [-0.05, 0) is 24.5 Å². The molecule has 1 aromatic carbocycles. The number of hydrogen-bond donors (Lipinski definition) is 1. The number of sulfonamides is 1. The van der Waals surface area contributed by atoms with Crippen LogP contribution >= 0.6 is 0 Å². The molecule has 2 amide bonds. The second kappa shape index (κ2) is 9.35. The Bertz CT molecular complexity index is 974. The molecule has 9 nitrogen and oxygen atoms in total. The average molecular weight is 450 g/mol. The van der Waals surface area contributed by atoms with E-state index in [2.05, 4.69) is 14.6 Å². The summed E-state index contributed by atoms with van der Waals surface area (Å²) in [7, 11) is -0.189. The van der Waals surface area contributed by atoms with Crippen molar-refractivity contribution >= 4 is 27.7 Å². The first-order valence-electron chi connectivity index (χ1n) is 10.5. The van der Waals surface area contributed by atoms with E-state index in [-0.39, 0.29) is 28.5 Å². The van der Waals surface area contributed by atoms with Gasteiger partial charge in [0.25, 0.3) is 10.0 Å². The molecule has 1 aromatic rings. The van der Waals surface area contributed by atoms with Crippen molar-refractivity contribution in [1.29, 1.82) is 0 Å². The van der Waals surface area contributed by atoms with E-state index in [0.717, 1.165) is 13.0 Å². The fourth-order valence-corrected chi connectivity index (χ4v) is 4.97. The second-order valence-corrected chi connectivity index (χ2v) is 10.2. The third-order valence-corrected chi connectivity index (χ3v) is 6.97. The average Bonchev–Trinajstić information content (AvgIpc) is 2.85. The Kier molecular flexibility index (Phi) is 7.00. The second-order valence-electron chi connectivity index (χ2n) is 8.51. The highest BCUT2D eigenvalue weighted by Gasteiger charge is 2.34. The number of carbonyl (C=O) groups is 2. The molecular formula is C21H31N5O4S. The van der Waals surface area contributed by atoms with Crippen molar-refractivity contribution in [3.05, 3.63) is 29.8 Å². The molecule has 1 atom stereocenters. The first-order valence-corrected chi connectivity index (χ1v) is 12.0. The summed E-state index contributed by atoms with van der Waals surface area (Å²) < 4.78 is 27.3. The van der Waals surface area contributed by atoms with Crippen molar-refractivity contribution in [3.8, 4) is 0 Å². The minimum atomic E-state index is -3.66. The SMILES string of the molecule is CC(C)[C@H](N=C1NS(=O)(=O)c2ccccc21)C(=O)N1CCCN(CC(=O)N(C)C)CC1. The number of rotatable bonds is 5. The summed E-state index contributed by atoms with van der Waals surface area (Å²) in [5.74, 6) is 0.0351. The molecule has 0 spiro atoms. The maximum atomic E-state index is 13.3. The number of fused-ring (bicyclic) bond motifs is 1. The molecular weight excluding hydrogens is 418 g/mol. The minimum absolute atomic E-state index is 0.0402. The van der Waals surface area contributed by atoms with Crippen molar-refractivity contribution in [1.82, 2.24) is 19.4 Å². The number of benzene rings is 1. The summed E-state index contributed by atoms with van der Waals surface area (Å²) in [4.78, 5) is 35.5. The molecule has 10 heteroatoms. The molecule has 1 fully saturated rings. The topological polar surface area (TPSA) is 102 Å². The molecule has 0 radical (unpaired) electrons. The van der Waals surface area contributed by atoms with Gasteiger partial charge < -0.3 is 9.80 Å². The van der Waals surface area contributed by atoms with E-state index in [0.29, 0.717) is 31.7 Å². The Morgan fingerprint density at radius 2 is 1.84 bits per heavy atom. The molecule has 0 aromatic heterocycles. The largest absolute Gasteiger partial charge is 0.348 e. The van der Waals surface area contributed by atoms with Crippen molar-refractivity contribution < 1.29 is 18.0 Å². The van der Waals surface area contributed by atoms with Crippen LogP contribution in [0.2, 0.25) is 0 Å². The van der Waals surface area contributed by atoms with Crippen LogP contribution in [0.3, 0.4) is 0 Å². The lowest BCUT2D eigenvalue weighted by molar-refractivity contribution is -0.133. The smallest absolute Gasteiger partial charge is 0.263 e. The molecule has 1 saturated heterocycles. The molecule has 2 aliphatic heterocycles. The summed E-state index contributed by atoms with van der Waals surface area (Å²) in [6, 6.07) is 5.94. The van der Waals surface area contributed by atoms with Gasteiger partial charge in [-0.2, -0.15) is 0 Å². The number of nitrogens with zero attached hydrogens (tertiary/aromatic N) is 4. The Morgan fingerprint density at radius 3 is 2.52 bits per heavy atom. The number of amidine groups is 1. The zero-order valence-electron chi connectivity index (χ0n) is 18.5. The quantitative estimate of drug-likeness (QED) is 0.700. The molecule has 170 valence electrons. The zero-order valence-corrected chi connectivity index (χ0v) is 19.4. The minimum Gasteiger partial charge on any atom is -0.348 e. The van der Waals surface area contributed by atoms with Crippen LogP contribution in [-0.2, 0) is 19.6 Å². The number of amides is 2. The summed E-state index contributed by atoms with van der Waals surface area (Å²) in [5, 5.41) is 0. The first kappa shape index (κ1) is 23.2. The highest BCUT2D eigenvalue weighted by Crippen LogP contribution is 2.24. The van der Waals surface area contributed by atoms with Gasteiger partial charge in [0.15, 0.2) is 0 Å². The number of likely N-dealkylation sites (N-methyl/N-ethyl adjacent to an activating group) is 1. The van der Waals surface area contributed by atoms with E-state index in [4.69, 9.17) is 0 Å². The van der Waals surface area contributed by atoms with Crippen molar-refractivity contribution in [2.45, 2.75) is 31.2 Å². The van der Waals surface area contributed by atoms with Crippen LogP contribution in [0.15, 0.2) is 34.2 Å². The molecule has 0 unspecified atom stereocenters. The summed E-state index contributed by atoms with van der Waals surface area (Å²) in [6.07, 6.45) is 0.767. The number of carbonyl (C=O) groups excluding carboxylic acids is 2. The van der Waals surface area contributed by atoms with Crippen molar-refractivity contribution in [3.63, 3.8) is 0 Å². The first-order chi connectivity index (χ1) is 14.6. The molecule has 0 bridgehead atoms. The van der Waals surface area contributed by atoms with Crippen LogP contribution in [0.4, 0.5) is 0 Å². The van der Waals surface area contributed by atoms with Gasteiger partial charge in [0.05, 0.1) is 11.4 Å². The number of nitrogens with one attached hydrogen (secondary N) is 1. The Hall–Kier alpha value is -2.46. The van der Waals surface area contributed by atoms with Gasteiger partial charge in [0, 0.05) is 45.8 Å². The maximum Gasteiger partial charge on any atom is 0.263 e. The van der Waals surface area contributed by atoms with E-state index in [1.807, 2.05) is 13.8 Å². The Labute approximate surface area is 184 Å². The lowest BCUT2D eigenvalue weighted by atomic mass is 10.0. The molecule has 3 rings (SSSR count). The third-order valence-electron chi connectivity index (χ3n) is 5.57. The Morgan fingerprint density at radius 1 is 1.13 bits per heavy atom. The standard InChI is InChI=1S/C21H31N5O4S/c1-15(2)19(22-20-16-8-5-6-9-17(16)31(29,30)23-20)21(28)26-11-7-10-25(12-13-26)14-18(27)24(3)4/h5-6,8-9,15,19H,7,10-14H2,1-4H3,(H,22,23)/t19-/m0/s1. The van der Waals surface area contributed by atoms with Crippen LogP contribution in [0.1, 0.15) is 25.8 Å². The molecule has 1 N–H and O–H groups in total. The van der Waals surface area contributed by atoms with Crippen LogP contribution in [0.25, 0.3) is 0 Å². The predicted molar refractivity (Wildman–Crippen MR) is 118 cm³/mol. The summed E-state index contributed by atoms with van der Waals surface area (Å²) >= 11 is 0. The zero-order chi connectivity index (χ0) is 22.8. The van der Waals surface area contributed by atoms with Crippen LogP contribution in [-0.4, -0.2) is 93.6 Å². The Balaban J connectivity index is 1.76. The molecule has 0 aliphatic carbocycles. The van der Waals surface area contributed by atoms with Crippen LogP contribution < -0.4 is 4.72 Å². The number of hydrogen-bond acceptors (Lipinski definition) is 6. The van der Waals surface area contributed by atoms with Gasteiger partial charge in [0.1, 0.15) is 11.9 Å². The molecule has 0 saturated carbocycles. The van der Waals surface area contributed by atoms with Crippen molar-refractivity contribution in [2.24, 2.45) is 10.9 Å².